The maximum absolute atomic E-state index is 5.62. The predicted octanol–water partition coefficient (Wildman–Crippen LogP) is 3.43. The third kappa shape index (κ3) is 3.12. The normalized spacial score (nSPS) is 11.2. The SMILES string of the molecule is COc1ccc(OC)c(C(n2nc(C)cc2C)n2nc(C)cc2C)c1. The highest BCUT2D eigenvalue weighted by Gasteiger charge is 2.25. The van der Waals surface area contributed by atoms with E-state index in [9.17, 15) is 0 Å². The minimum Gasteiger partial charge on any atom is -0.497 e. The summed E-state index contributed by atoms with van der Waals surface area (Å²) in [6.07, 6.45) is -0.257. The van der Waals surface area contributed by atoms with Gasteiger partial charge < -0.3 is 9.47 Å². The van der Waals surface area contributed by atoms with Gasteiger partial charge in [0.05, 0.1) is 25.6 Å². The molecule has 6 heteroatoms. The summed E-state index contributed by atoms with van der Waals surface area (Å²) >= 11 is 0. The average molecular weight is 340 g/mol. The Morgan fingerprint density at radius 2 is 1.36 bits per heavy atom. The van der Waals surface area contributed by atoms with E-state index in [1.165, 1.54) is 0 Å². The Morgan fingerprint density at radius 3 is 1.76 bits per heavy atom. The summed E-state index contributed by atoms with van der Waals surface area (Å²) in [4.78, 5) is 0. The maximum atomic E-state index is 5.62. The predicted molar refractivity (Wildman–Crippen MR) is 96.5 cm³/mol. The van der Waals surface area contributed by atoms with E-state index < -0.39 is 0 Å². The second-order valence-corrected chi connectivity index (χ2v) is 6.22. The number of hydrogen-bond acceptors (Lipinski definition) is 4. The van der Waals surface area contributed by atoms with E-state index in [1.807, 2.05) is 55.3 Å². The molecule has 3 rings (SSSR count). The molecular formula is C19H24N4O2. The molecule has 0 unspecified atom stereocenters. The first-order chi connectivity index (χ1) is 11.9. The lowest BCUT2D eigenvalue weighted by Gasteiger charge is -2.24. The van der Waals surface area contributed by atoms with Crippen molar-refractivity contribution in [2.75, 3.05) is 14.2 Å². The Bertz CT molecular complexity index is 849. The smallest absolute Gasteiger partial charge is 0.173 e. The molecule has 0 radical (unpaired) electrons. The average Bonchev–Trinajstić information content (AvgIpc) is 3.09. The van der Waals surface area contributed by atoms with Crippen molar-refractivity contribution in [1.29, 1.82) is 0 Å². The van der Waals surface area contributed by atoms with Crippen molar-refractivity contribution in [2.45, 2.75) is 33.9 Å². The van der Waals surface area contributed by atoms with Gasteiger partial charge in [-0.05, 0) is 58.0 Å². The molecule has 0 saturated carbocycles. The molecule has 3 aromatic rings. The molecule has 132 valence electrons. The molecular weight excluding hydrogens is 316 g/mol. The van der Waals surface area contributed by atoms with Gasteiger partial charge in [-0.15, -0.1) is 0 Å². The van der Waals surface area contributed by atoms with Crippen molar-refractivity contribution in [3.05, 3.63) is 58.7 Å². The number of rotatable bonds is 5. The molecule has 2 aromatic heterocycles. The zero-order chi connectivity index (χ0) is 18.1. The minimum absolute atomic E-state index is 0.257. The number of benzene rings is 1. The van der Waals surface area contributed by atoms with E-state index in [2.05, 4.69) is 12.1 Å². The zero-order valence-corrected chi connectivity index (χ0v) is 15.6. The third-order valence-corrected chi connectivity index (χ3v) is 4.27. The molecule has 2 heterocycles. The van der Waals surface area contributed by atoms with E-state index in [-0.39, 0.29) is 6.17 Å². The van der Waals surface area contributed by atoms with E-state index in [0.717, 1.165) is 39.8 Å². The molecule has 25 heavy (non-hydrogen) atoms. The van der Waals surface area contributed by atoms with Crippen molar-refractivity contribution in [1.82, 2.24) is 19.6 Å². The summed E-state index contributed by atoms with van der Waals surface area (Å²) in [6, 6.07) is 9.91. The van der Waals surface area contributed by atoms with Crippen molar-refractivity contribution >= 4 is 0 Å². The van der Waals surface area contributed by atoms with Crippen LogP contribution in [0.4, 0.5) is 0 Å². The molecule has 0 aliphatic heterocycles. The lowest BCUT2D eigenvalue weighted by atomic mass is 10.1. The Kier molecular flexibility index (Phi) is 4.53. The lowest BCUT2D eigenvalue weighted by molar-refractivity contribution is 0.359. The number of ether oxygens (including phenoxy) is 2. The molecule has 0 bridgehead atoms. The van der Waals surface area contributed by atoms with Gasteiger partial charge in [-0.25, -0.2) is 9.36 Å². The summed E-state index contributed by atoms with van der Waals surface area (Å²) in [7, 11) is 3.33. The number of hydrogen-bond donors (Lipinski definition) is 0. The van der Waals surface area contributed by atoms with Crippen LogP contribution in [-0.2, 0) is 0 Å². The van der Waals surface area contributed by atoms with Crippen LogP contribution in [0.2, 0.25) is 0 Å². The van der Waals surface area contributed by atoms with Crippen LogP contribution in [0, 0.1) is 27.7 Å². The first-order valence-corrected chi connectivity index (χ1v) is 8.22. The second-order valence-electron chi connectivity index (χ2n) is 6.22. The van der Waals surface area contributed by atoms with E-state index in [4.69, 9.17) is 19.7 Å². The first kappa shape index (κ1) is 17.1. The molecule has 0 atom stereocenters. The van der Waals surface area contributed by atoms with Crippen molar-refractivity contribution in [2.24, 2.45) is 0 Å². The highest BCUT2D eigenvalue weighted by atomic mass is 16.5. The fourth-order valence-corrected chi connectivity index (χ4v) is 3.20. The first-order valence-electron chi connectivity index (χ1n) is 8.22. The van der Waals surface area contributed by atoms with Crippen LogP contribution in [0.1, 0.15) is 34.5 Å². The molecule has 0 aliphatic carbocycles. The van der Waals surface area contributed by atoms with E-state index >= 15 is 0 Å². The number of aryl methyl sites for hydroxylation is 4. The molecule has 0 fully saturated rings. The van der Waals surface area contributed by atoms with Crippen LogP contribution >= 0.6 is 0 Å². The highest BCUT2D eigenvalue weighted by molar-refractivity contribution is 5.43. The number of nitrogens with zero attached hydrogens (tertiary/aromatic N) is 4. The largest absolute Gasteiger partial charge is 0.497 e. The van der Waals surface area contributed by atoms with Crippen LogP contribution in [-0.4, -0.2) is 33.8 Å². The fourth-order valence-electron chi connectivity index (χ4n) is 3.20. The minimum atomic E-state index is -0.257. The molecule has 0 spiro atoms. The van der Waals surface area contributed by atoms with E-state index in [0.29, 0.717) is 0 Å². The van der Waals surface area contributed by atoms with Gasteiger partial charge in [0.2, 0.25) is 0 Å². The highest BCUT2D eigenvalue weighted by Crippen LogP contribution is 2.33. The molecule has 0 saturated heterocycles. The van der Waals surface area contributed by atoms with Gasteiger partial charge in [-0.2, -0.15) is 10.2 Å². The van der Waals surface area contributed by atoms with Gasteiger partial charge in [0.25, 0.3) is 0 Å². The topological polar surface area (TPSA) is 54.1 Å². The Morgan fingerprint density at radius 1 is 0.800 bits per heavy atom. The van der Waals surface area contributed by atoms with Crippen molar-refractivity contribution < 1.29 is 9.47 Å². The second kappa shape index (κ2) is 6.63. The molecule has 0 aliphatic rings. The number of methoxy groups -OCH3 is 2. The van der Waals surface area contributed by atoms with Gasteiger partial charge in [0.1, 0.15) is 11.5 Å². The summed E-state index contributed by atoms with van der Waals surface area (Å²) < 4.78 is 15.0. The van der Waals surface area contributed by atoms with Crippen LogP contribution < -0.4 is 9.47 Å². The molecule has 6 nitrogen and oxygen atoms in total. The standard InChI is InChI=1S/C19H24N4O2/c1-12-9-14(3)22(20-12)19(23-15(4)10-13(2)21-23)17-11-16(24-5)7-8-18(17)25-6/h7-11,19H,1-6H3. The Labute approximate surface area is 148 Å². The van der Waals surface area contributed by atoms with Crippen molar-refractivity contribution in [3.8, 4) is 11.5 Å². The van der Waals surface area contributed by atoms with Crippen LogP contribution in [0.15, 0.2) is 30.3 Å². The van der Waals surface area contributed by atoms with Crippen LogP contribution in [0.3, 0.4) is 0 Å². The van der Waals surface area contributed by atoms with Crippen molar-refractivity contribution in [3.63, 3.8) is 0 Å². The monoisotopic (exact) mass is 340 g/mol. The Balaban J connectivity index is 2.29. The van der Waals surface area contributed by atoms with Gasteiger partial charge in [-0.3, -0.25) is 0 Å². The zero-order valence-electron chi connectivity index (χ0n) is 15.6. The quantitative estimate of drug-likeness (QED) is 0.714. The fraction of sp³-hybridized carbons (Fsp3) is 0.368. The molecule has 0 N–H and O–H groups in total. The van der Waals surface area contributed by atoms with Gasteiger partial charge in [0, 0.05) is 17.0 Å². The summed E-state index contributed by atoms with van der Waals surface area (Å²) in [5.74, 6) is 1.54. The van der Waals surface area contributed by atoms with E-state index in [1.54, 1.807) is 14.2 Å². The summed E-state index contributed by atoms with van der Waals surface area (Å²) in [5, 5.41) is 9.41. The van der Waals surface area contributed by atoms with Gasteiger partial charge in [0.15, 0.2) is 6.17 Å². The maximum Gasteiger partial charge on any atom is 0.173 e. The third-order valence-electron chi connectivity index (χ3n) is 4.27. The molecule has 0 amide bonds. The van der Waals surface area contributed by atoms with Crippen LogP contribution in [0.25, 0.3) is 0 Å². The number of aromatic nitrogens is 4. The van der Waals surface area contributed by atoms with Crippen LogP contribution in [0.5, 0.6) is 11.5 Å². The molecule has 1 aromatic carbocycles. The van der Waals surface area contributed by atoms with Gasteiger partial charge >= 0.3 is 0 Å². The van der Waals surface area contributed by atoms with Gasteiger partial charge in [-0.1, -0.05) is 0 Å². The summed E-state index contributed by atoms with van der Waals surface area (Å²) in [5.41, 5.74) is 4.98. The lowest BCUT2D eigenvalue weighted by Crippen LogP contribution is -2.24. The summed E-state index contributed by atoms with van der Waals surface area (Å²) in [6.45, 7) is 8.08. The Hall–Kier alpha value is -2.76.